The predicted octanol–water partition coefficient (Wildman–Crippen LogP) is 9.77. The molecule has 5 rings (SSSR count). The Morgan fingerprint density at radius 2 is 1.67 bits per heavy atom. The molecular formula is C43H67N3O3. The third-order valence-corrected chi connectivity index (χ3v) is 14.8. The summed E-state index contributed by atoms with van der Waals surface area (Å²) in [5, 5.41) is 13.2. The van der Waals surface area contributed by atoms with E-state index in [1.807, 2.05) is 24.1 Å². The number of carbonyl (C=O) groups is 2. The number of rotatable bonds is 11. The summed E-state index contributed by atoms with van der Waals surface area (Å²) in [6.07, 6.45) is 15.1. The fraction of sp³-hybridized carbons (Fsp3) is 0.721. The van der Waals surface area contributed by atoms with Gasteiger partial charge in [0.1, 0.15) is 0 Å². The van der Waals surface area contributed by atoms with Crippen molar-refractivity contribution in [3.05, 3.63) is 53.6 Å². The number of hydrogen-bond acceptors (Lipinski definition) is 3. The molecule has 8 atom stereocenters. The quantitative estimate of drug-likeness (QED) is 0.230. The van der Waals surface area contributed by atoms with E-state index in [1.165, 1.54) is 49.7 Å². The molecule has 0 aliphatic heterocycles. The van der Waals surface area contributed by atoms with Gasteiger partial charge in [0.15, 0.2) is 0 Å². The molecule has 2 N–H and O–H groups in total. The van der Waals surface area contributed by atoms with Crippen molar-refractivity contribution in [2.45, 2.75) is 118 Å². The highest BCUT2D eigenvalue weighted by molar-refractivity contribution is 5.88. The summed E-state index contributed by atoms with van der Waals surface area (Å²) in [6.45, 7) is 21.1. The molecule has 6 nitrogen and oxygen atoms in total. The Morgan fingerprint density at radius 3 is 2.31 bits per heavy atom. The fourth-order valence-corrected chi connectivity index (χ4v) is 11.7. The first-order valence-corrected chi connectivity index (χ1v) is 19.3. The number of amides is 2. The van der Waals surface area contributed by atoms with E-state index in [0.717, 1.165) is 50.8 Å². The Bertz CT molecular complexity index is 1410. The zero-order valence-electron chi connectivity index (χ0n) is 32.3. The number of carbonyl (C=O) groups excluding carboxylic acids is 1. The van der Waals surface area contributed by atoms with Crippen molar-refractivity contribution in [3.8, 4) is 0 Å². The standard InChI is InChI=1S/C43H67N3O3/c1-29(2)33-20-24-43(44-39(49)46(10)28-12-27-45(8)9)26-25-42(7)36(37(33)43)13-11-22-41(42,6)23-21-34-30(3)14-19-35(40(34,4)5)31-15-17-32(18-16-31)38(47)48/h15-19,30,33-34,36-37H,1,11-14,20-28H2,2-10H3,(H,44,49)(H,47,48). The molecule has 0 heterocycles. The van der Waals surface area contributed by atoms with Crippen molar-refractivity contribution in [1.29, 1.82) is 0 Å². The van der Waals surface area contributed by atoms with Gasteiger partial charge >= 0.3 is 12.0 Å². The first kappa shape index (κ1) is 37.7. The molecule has 0 radical (unpaired) electrons. The molecule has 6 heteroatoms. The first-order valence-electron chi connectivity index (χ1n) is 19.3. The maximum Gasteiger partial charge on any atom is 0.335 e. The Balaban J connectivity index is 1.36. The van der Waals surface area contributed by atoms with Crippen molar-refractivity contribution in [3.63, 3.8) is 0 Å². The van der Waals surface area contributed by atoms with Crippen LogP contribution in [0, 0.1) is 45.8 Å². The SMILES string of the molecule is C=C(C)C1CCC2(NC(=O)N(C)CCCN(C)C)CCC3(C)C(CCCC3(C)CCC3C(C)CC=C(c4ccc(C(=O)O)cc4)C3(C)C)C12. The zero-order chi connectivity index (χ0) is 35.9. The van der Waals surface area contributed by atoms with Crippen LogP contribution in [-0.2, 0) is 0 Å². The summed E-state index contributed by atoms with van der Waals surface area (Å²) in [7, 11) is 6.14. The van der Waals surface area contributed by atoms with E-state index in [0.29, 0.717) is 35.2 Å². The Labute approximate surface area is 298 Å². The Hall–Kier alpha value is -2.60. The number of nitrogens with one attached hydrogen (secondary N) is 1. The molecule has 2 amide bonds. The lowest BCUT2D eigenvalue weighted by molar-refractivity contribution is -0.128. The zero-order valence-corrected chi connectivity index (χ0v) is 32.3. The third-order valence-electron chi connectivity index (χ3n) is 14.8. The lowest BCUT2D eigenvalue weighted by Gasteiger charge is -2.64. The molecule has 4 aliphatic carbocycles. The fourth-order valence-electron chi connectivity index (χ4n) is 11.7. The molecule has 272 valence electrons. The second-order valence-corrected chi connectivity index (χ2v) is 18.2. The lowest BCUT2D eigenvalue weighted by Crippen LogP contribution is -2.64. The average Bonchev–Trinajstić information content (AvgIpc) is 3.41. The molecule has 3 fully saturated rings. The van der Waals surface area contributed by atoms with Crippen LogP contribution in [0.1, 0.15) is 128 Å². The number of nitrogens with zero attached hydrogens (tertiary/aromatic N) is 2. The van der Waals surface area contributed by atoms with Gasteiger partial charge < -0.3 is 20.2 Å². The number of fused-ring (bicyclic) bond motifs is 3. The molecule has 1 aromatic carbocycles. The van der Waals surface area contributed by atoms with Crippen molar-refractivity contribution < 1.29 is 14.7 Å². The Kier molecular flexibility index (Phi) is 10.9. The molecular weight excluding hydrogens is 606 g/mol. The van der Waals surface area contributed by atoms with Gasteiger partial charge in [-0.1, -0.05) is 71.4 Å². The van der Waals surface area contributed by atoms with E-state index in [1.54, 1.807) is 12.1 Å². The summed E-state index contributed by atoms with van der Waals surface area (Å²) >= 11 is 0. The summed E-state index contributed by atoms with van der Waals surface area (Å²) in [6, 6.07) is 7.62. The van der Waals surface area contributed by atoms with Crippen LogP contribution in [0.4, 0.5) is 4.79 Å². The molecule has 0 spiro atoms. The van der Waals surface area contributed by atoms with E-state index < -0.39 is 5.97 Å². The molecule has 0 saturated heterocycles. The van der Waals surface area contributed by atoms with E-state index in [-0.39, 0.29) is 27.8 Å². The number of benzene rings is 1. The molecule has 3 saturated carbocycles. The van der Waals surface area contributed by atoms with Crippen LogP contribution >= 0.6 is 0 Å². The minimum absolute atomic E-state index is 0.00515. The second kappa shape index (κ2) is 14.2. The van der Waals surface area contributed by atoms with Crippen LogP contribution in [-0.4, -0.2) is 66.7 Å². The minimum Gasteiger partial charge on any atom is -0.478 e. The van der Waals surface area contributed by atoms with Crippen molar-refractivity contribution >= 4 is 17.6 Å². The summed E-state index contributed by atoms with van der Waals surface area (Å²) in [4.78, 5) is 29.4. The van der Waals surface area contributed by atoms with Gasteiger partial charge in [-0.2, -0.15) is 0 Å². The number of carboxylic acids is 1. The smallest absolute Gasteiger partial charge is 0.335 e. The lowest BCUT2D eigenvalue weighted by atomic mass is 9.42. The van der Waals surface area contributed by atoms with Gasteiger partial charge in [-0.05, 0) is 161 Å². The number of hydrogen-bond donors (Lipinski definition) is 2. The topological polar surface area (TPSA) is 72.9 Å². The number of allylic oxidation sites excluding steroid dienone is 3. The number of aromatic carboxylic acids is 1. The summed E-state index contributed by atoms with van der Waals surface area (Å²) in [5.41, 5.74) is 4.46. The van der Waals surface area contributed by atoms with E-state index in [4.69, 9.17) is 0 Å². The Morgan fingerprint density at radius 1 is 0.980 bits per heavy atom. The van der Waals surface area contributed by atoms with Crippen LogP contribution in [0.2, 0.25) is 0 Å². The molecule has 1 aromatic rings. The highest BCUT2D eigenvalue weighted by Crippen LogP contribution is 2.69. The normalized spacial score (nSPS) is 35.2. The van der Waals surface area contributed by atoms with Crippen molar-refractivity contribution in [1.82, 2.24) is 15.1 Å². The van der Waals surface area contributed by atoms with E-state index in [2.05, 4.69) is 78.5 Å². The van der Waals surface area contributed by atoms with Gasteiger partial charge in [0.05, 0.1) is 5.56 Å². The van der Waals surface area contributed by atoms with Crippen LogP contribution in [0.3, 0.4) is 0 Å². The highest BCUT2D eigenvalue weighted by Gasteiger charge is 2.64. The maximum atomic E-state index is 13.8. The van der Waals surface area contributed by atoms with Gasteiger partial charge in [-0.25, -0.2) is 9.59 Å². The summed E-state index contributed by atoms with van der Waals surface area (Å²) < 4.78 is 0. The molecule has 0 aromatic heterocycles. The van der Waals surface area contributed by atoms with Crippen LogP contribution < -0.4 is 5.32 Å². The van der Waals surface area contributed by atoms with Crippen LogP contribution in [0.15, 0.2) is 42.5 Å². The van der Waals surface area contributed by atoms with Gasteiger partial charge in [-0.3, -0.25) is 0 Å². The molecule has 4 aliphatic rings. The van der Waals surface area contributed by atoms with Gasteiger partial charge in [0, 0.05) is 19.1 Å². The average molecular weight is 674 g/mol. The maximum absolute atomic E-state index is 13.8. The largest absolute Gasteiger partial charge is 0.478 e. The second-order valence-electron chi connectivity index (χ2n) is 18.2. The number of carboxylic acid groups (broad SMARTS) is 1. The predicted molar refractivity (Wildman–Crippen MR) is 203 cm³/mol. The third kappa shape index (κ3) is 7.02. The van der Waals surface area contributed by atoms with E-state index in [9.17, 15) is 14.7 Å². The summed E-state index contributed by atoms with van der Waals surface area (Å²) in [5.74, 6) is 1.75. The van der Waals surface area contributed by atoms with Gasteiger partial charge in [0.25, 0.3) is 0 Å². The van der Waals surface area contributed by atoms with Gasteiger partial charge in [-0.15, -0.1) is 0 Å². The molecule has 49 heavy (non-hydrogen) atoms. The van der Waals surface area contributed by atoms with E-state index >= 15 is 0 Å². The van der Waals surface area contributed by atoms with Crippen LogP contribution in [0.25, 0.3) is 5.57 Å². The van der Waals surface area contributed by atoms with Crippen molar-refractivity contribution in [2.75, 3.05) is 34.2 Å². The van der Waals surface area contributed by atoms with Gasteiger partial charge in [0.2, 0.25) is 0 Å². The first-order chi connectivity index (χ1) is 23.0. The molecule has 8 unspecified atom stereocenters. The highest BCUT2D eigenvalue weighted by atomic mass is 16.4. The number of urea groups is 1. The van der Waals surface area contributed by atoms with Crippen LogP contribution in [0.5, 0.6) is 0 Å². The molecule has 0 bridgehead atoms. The van der Waals surface area contributed by atoms with Crippen molar-refractivity contribution in [2.24, 2.45) is 45.8 Å². The monoisotopic (exact) mass is 674 g/mol. The minimum atomic E-state index is -0.875.